The number of esters is 1. The highest BCUT2D eigenvalue weighted by molar-refractivity contribution is 7.85. The monoisotopic (exact) mass is 602 g/mol. The topological polar surface area (TPSA) is 130 Å². The van der Waals surface area contributed by atoms with Crippen molar-refractivity contribution < 1.29 is 41.2 Å². The minimum Gasteiger partial charge on any atom is -0.465 e. The first kappa shape index (κ1) is 32.6. The van der Waals surface area contributed by atoms with Crippen LogP contribution in [0.25, 0.3) is 22.2 Å². The molecule has 0 aliphatic heterocycles. The van der Waals surface area contributed by atoms with Crippen molar-refractivity contribution in [3.63, 3.8) is 0 Å². The van der Waals surface area contributed by atoms with E-state index in [4.69, 9.17) is 18.4 Å². The van der Waals surface area contributed by atoms with Gasteiger partial charge in [0.2, 0.25) is 0 Å². The fourth-order valence-electron chi connectivity index (χ4n) is 4.25. The zero-order valence-corrected chi connectivity index (χ0v) is 26.2. The zero-order chi connectivity index (χ0) is 31.6. The van der Waals surface area contributed by atoms with Crippen molar-refractivity contribution in [2.75, 3.05) is 20.4 Å². The van der Waals surface area contributed by atoms with E-state index in [0.717, 1.165) is 11.8 Å². The van der Waals surface area contributed by atoms with E-state index >= 15 is 0 Å². The first-order valence-corrected chi connectivity index (χ1v) is 15.0. The Hall–Kier alpha value is -3.90. The SMILES string of the molecule is COC(=O)c1cccc2c1c(COS(C)(=O)=O)c(-c1ccc(CN(C)C(=O)OC(C)(C)C)cc1)n2C(=O)OC(C)(C)C. The van der Waals surface area contributed by atoms with Gasteiger partial charge in [0.1, 0.15) is 11.2 Å². The molecule has 0 bridgehead atoms. The van der Waals surface area contributed by atoms with Crippen molar-refractivity contribution in [2.45, 2.75) is 65.9 Å². The van der Waals surface area contributed by atoms with E-state index in [9.17, 15) is 22.8 Å². The Kier molecular flexibility index (Phi) is 9.43. The number of amides is 1. The van der Waals surface area contributed by atoms with Crippen LogP contribution in [0.3, 0.4) is 0 Å². The molecule has 42 heavy (non-hydrogen) atoms. The largest absolute Gasteiger partial charge is 0.465 e. The maximum Gasteiger partial charge on any atom is 0.419 e. The van der Waals surface area contributed by atoms with Gasteiger partial charge in [0.25, 0.3) is 10.1 Å². The van der Waals surface area contributed by atoms with Crippen LogP contribution in [0, 0.1) is 0 Å². The molecule has 1 amide bonds. The number of carbonyl (C=O) groups is 3. The first-order valence-electron chi connectivity index (χ1n) is 13.2. The van der Waals surface area contributed by atoms with Crippen molar-refractivity contribution in [1.29, 1.82) is 0 Å². The van der Waals surface area contributed by atoms with Gasteiger partial charge < -0.3 is 19.1 Å². The van der Waals surface area contributed by atoms with Gasteiger partial charge in [0.05, 0.1) is 36.7 Å². The number of hydrogen-bond donors (Lipinski definition) is 0. The van der Waals surface area contributed by atoms with E-state index in [1.807, 2.05) is 0 Å². The summed E-state index contributed by atoms with van der Waals surface area (Å²) in [6.07, 6.45) is -0.298. The molecule has 2 aromatic carbocycles. The van der Waals surface area contributed by atoms with Crippen LogP contribution >= 0.6 is 0 Å². The summed E-state index contributed by atoms with van der Waals surface area (Å²) < 4.78 is 46.7. The van der Waals surface area contributed by atoms with Crippen LogP contribution in [0.4, 0.5) is 9.59 Å². The zero-order valence-electron chi connectivity index (χ0n) is 25.4. The van der Waals surface area contributed by atoms with Gasteiger partial charge in [-0.1, -0.05) is 30.3 Å². The molecule has 1 heterocycles. The summed E-state index contributed by atoms with van der Waals surface area (Å²) in [7, 11) is -1.05. The van der Waals surface area contributed by atoms with Crippen LogP contribution in [-0.2, 0) is 41.7 Å². The van der Waals surface area contributed by atoms with Crippen molar-refractivity contribution in [3.8, 4) is 11.3 Å². The Morgan fingerprint density at radius 1 is 0.905 bits per heavy atom. The molecule has 228 valence electrons. The Balaban J connectivity index is 2.23. The predicted molar refractivity (Wildman–Crippen MR) is 158 cm³/mol. The quantitative estimate of drug-likeness (QED) is 0.189. The summed E-state index contributed by atoms with van der Waals surface area (Å²) in [6, 6.07) is 11.8. The van der Waals surface area contributed by atoms with Gasteiger partial charge in [-0.05, 0) is 64.8 Å². The van der Waals surface area contributed by atoms with Crippen molar-refractivity contribution in [3.05, 3.63) is 59.2 Å². The van der Waals surface area contributed by atoms with Crippen molar-refractivity contribution >= 4 is 39.2 Å². The van der Waals surface area contributed by atoms with Gasteiger partial charge in [-0.2, -0.15) is 8.42 Å². The number of benzene rings is 2. The number of methoxy groups -OCH3 is 1. The molecule has 0 saturated heterocycles. The standard InChI is InChI=1S/C30H38N2O9S/c1-29(2,3)40-27(34)31(7)17-19-13-15-20(16-14-19)25-22(18-39-42(9,36)37)24-21(26(33)38-8)11-10-12-23(24)32(25)28(35)41-30(4,5)6/h10-16H,17-18H2,1-9H3. The summed E-state index contributed by atoms with van der Waals surface area (Å²) >= 11 is 0. The van der Waals surface area contributed by atoms with Gasteiger partial charge in [-0.15, -0.1) is 0 Å². The number of fused-ring (bicyclic) bond motifs is 1. The number of ether oxygens (including phenoxy) is 3. The fraction of sp³-hybridized carbons (Fsp3) is 0.433. The number of aromatic nitrogens is 1. The van der Waals surface area contributed by atoms with Gasteiger partial charge >= 0.3 is 18.2 Å². The van der Waals surface area contributed by atoms with Crippen LogP contribution in [0.5, 0.6) is 0 Å². The van der Waals surface area contributed by atoms with Crippen LogP contribution < -0.4 is 0 Å². The molecule has 11 nitrogen and oxygen atoms in total. The van der Waals surface area contributed by atoms with Crippen LogP contribution in [0.1, 0.15) is 63.0 Å². The average molecular weight is 603 g/mol. The molecular weight excluding hydrogens is 564 g/mol. The van der Waals surface area contributed by atoms with E-state index in [2.05, 4.69) is 0 Å². The molecule has 12 heteroatoms. The van der Waals surface area contributed by atoms with E-state index in [1.165, 1.54) is 22.6 Å². The molecule has 0 saturated carbocycles. The van der Waals surface area contributed by atoms with Gasteiger partial charge in [0.15, 0.2) is 0 Å². The Morgan fingerprint density at radius 2 is 1.50 bits per heavy atom. The first-order chi connectivity index (χ1) is 19.3. The summed E-state index contributed by atoms with van der Waals surface area (Å²) in [5, 5.41) is 0.294. The summed E-state index contributed by atoms with van der Waals surface area (Å²) in [5.41, 5.74) is 0.790. The molecule has 0 spiro atoms. The van der Waals surface area contributed by atoms with Gasteiger partial charge in [0, 0.05) is 24.5 Å². The highest BCUT2D eigenvalue weighted by Gasteiger charge is 2.30. The minimum atomic E-state index is -3.90. The van der Waals surface area contributed by atoms with Crippen LogP contribution in [-0.4, -0.2) is 67.7 Å². The maximum atomic E-state index is 13.6. The smallest absolute Gasteiger partial charge is 0.419 e. The number of hydrogen-bond acceptors (Lipinski definition) is 9. The van der Waals surface area contributed by atoms with E-state index in [1.54, 1.807) is 85.0 Å². The summed E-state index contributed by atoms with van der Waals surface area (Å²) in [5.74, 6) is -0.672. The Bertz CT molecular complexity index is 1590. The normalized spacial score (nSPS) is 12.2. The third kappa shape index (κ3) is 8.10. The number of nitrogens with zero attached hydrogens (tertiary/aromatic N) is 2. The lowest BCUT2D eigenvalue weighted by Crippen LogP contribution is -2.33. The lowest BCUT2D eigenvalue weighted by molar-refractivity contribution is 0.0284. The molecule has 0 aliphatic rings. The number of rotatable bonds is 7. The third-order valence-corrected chi connectivity index (χ3v) is 6.39. The number of carbonyl (C=O) groups excluding carboxylic acids is 3. The van der Waals surface area contributed by atoms with Gasteiger partial charge in [-0.25, -0.2) is 19.0 Å². The predicted octanol–water partition coefficient (Wildman–Crippen LogP) is 5.72. The Morgan fingerprint density at radius 3 is 2.02 bits per heavy atom. The van der Waals surface area contributed by atoms with Crippen molar-refractivity contribution in [1.82, 2.24) is 9.47 Å². The molecule has 3 aromatic rings. The highest BCUT2D eigenvalue weighted by Crippen LogP contribution is 2.38. The van der Waals surface area contributed by atoms with Gasteiger partial charge in [-0.3, -0.25) is 4.18 Å². The molecule has 3 rings (SSSR count). The average Bonchev–Trinajstić information content (AvgIpc) is 3.19. The summed E-state index contributed by atoms with van der Waals surface area (Å²) in [6.45, 7) is 10.3. The fourth-order valence-corrected chi connectivity index (χ4v) is 4.58. The molecule has 0 atom stereocenters. The maximum absolute atomic E-state index is 13.6. The second-order valence-corrected chi connectivity index (χ2v) is 13.5. The lowest BCUT2D eigenvalue weighted by Gasteiger charge is -2.24. The summed E-state index contributed by atoms with van der Waals surface area (Å²) in [4.78, 5) is 40.3. The molecule has 0 unspecified atom stereocenters. The second kappa shape index (κ2) is 12.1. The van der Waals surface area contributed by atoms with E-state index < -0.39 is 46.1 Å². The molecule has 0 fully saturated rings. The van der Waals surface area contributed by atoms with Crippen LogP contribution in [0.15, 0.2) is 42.5 Å². The third-order valence-electron chi connectivity index (χ3n) is 5.85. The van der Waals surface area contributed by atoms with Crippen LogP contribution in [0.2, 0.25) is 0 Å². The molecule has 0 aliphatic carbocycles. The second-order valence-electron chi connectivity index (χ2n) is 11.8. The molecular formula is C30H38N2O9S. The van der Waals surface area contributed by atoms with Crippen molar-refractivity contribution in [2.24, 2.45) is 0 Å². The minimum absolute atomic E-state index is 0.126. The molecule has 1 aromatic heterocycles. The molecule has 0 radical (unpaired) electrons. The Labute approximate surface area is 246 Å². The molecule has 0 N–H and O–H groups in total. The van der Waals surface area contributed by atoms with E-state index in [-0.39, 0.29) is 23.4 Å². The lowest BCUT2D eigenvalue weighted by atomic mass is 10.0. The van der Waals surface area contributed by atoms with E-state index in [0.29, 0.717) is 16.5 Å². The highest BCUT2D eigenvalue weighted by atomic mass is 32.2.